The highest BCUT2D eigenvalue weighted by Gasteiger charge is 2.28. The van der Waals surface area contributed by atoms with Crippen molar-refractivity contribution in [1.29, 1.82) is 0 Å². The topological polar surface area (TPSA) is 157 Å². The average Bonchev–Trinajstić information content (AvgIpc) is 3.43. The van der Waals surface area contributed by atoms with Gasteiger partial charge in [0.1, 0.15) is 5.82 Å². The van der Waals surface area contributed by atoms with Gasteiger partial charge >= 0.3 is 0 Å². The molecule has 31 heavy (non-hydrogen) atoms. The van der Waals surface area contributed by atoms with Crippen molar-refractivity contribution in [2.75, 3.05) is 38.5 Å². The summed E-state index contributed by atoms with van der Waals surface area (Å²) in [5.74, 6) is -0.425. The predicted molar refractivity (Wildman–Crippen MR) is 114 cm³/mol. The lowest BCUT2D eigenvalue weighted by Crippen LogP contribution is -2.46. The van der Waals surface area contributed by atoms with E-state index in [1.54, 1.807) is 0 Å². The molecule has 1 fully saturated rings. The summed E-state index contributed by atoms with van der Waals surface area (Å²) in [4.78, 5) is 4.15. The zero-order valence-electron chi connectivity index (χ0n) is 16.5. The molecule has 0 radical (unpaired) electrons. The van der Waals surface area contributed by atoms with Gasteiger partial charge in [-0.2, -0.15) is 12.7 Å². The van der Waals surface area contributed by atoms with Gasteiger partial charge in [-0.05, 0) is 57.4 Å². The molecule has 0 spiro atoms. The summed E-state index contributed by atoms with van der Waals surface area (Å²) in [6.07, 6.45) is 0.754. The van der Waals surface area contributed by atoms with Crippen molar-refractivity contribution >= 4 is 43.5 Å². The van der Waals surface area contributed by atoms with E-state index < -0.39 is 16.0 Å². The largest absolute Gasteiger partial charge is 0.364 e. The molecule has 170 valence electrons. The molecule has 0 saturated carbocycles. The maximum absolute atomic E-state index is 13.4. The third-order valence-electron chi connectivity index (χ3n) is 4.59. The molecule has 2 heterocycles. The Hall–Kier alpha value is -2.17. The molecule has 1 aromatic heterocycles. The highest BCUT2D eigenvalue weighted by molar-refractivity contribution is 9.10. The minimum absolute atomic E-state index is 0.0555. The molecule has 1 unspecified atom stereocenters. The smallest absolute Gasteiger partial charge is 0.279 e. The first kappa shape index (κ1) is 23.5. The summed E-state index contributed by atoms with van der Waals surface area (Å²) in [6, 6.07) is 3.95. The fourth-order valence-corrected chi connectivity index (χ4v) is 4.39. The Bertz CT molecular complexity index is 1030. The van der Waals surface area contributed by atoms with Gasteiger partial charge in [-0.25, -0.2) is 18.7 Å². The highest BCUT2D eigenvalue weighted by Crippen LogP contribution is 2.23. The van der Waals surface area contributed by atoms with Crippen LogP contribution >= 0.6 is 15.9 Å². The Kier molecular flexibility index (Phi) is 7.90. The lowest BCUT2D eigenvalue weighted by Gasteiger charge is -2.23. The molecular formula is C16H22BrFN8O4S. The molecule has 0 aliphatic carbocycles. The number of anilines is 1. The van der Waals surface area contributed by atoms with Crippen LogP contribution in [-0.2, 0) is 10.2 Å². The number of nitrogens with zero attached hydrogens (tertiary/aromatic N) is 4. The summed E-state index contributed by atoms with van der Waals surface area (Å²) in [7, 11) is -2.09. The average molecular weight is 521 g/mol. The summed E-state index contributed by atoms with van der Waals surface area (Å²) >= 11 is 3.06. The molecule has 1 atom stereocenters. The zero-order valence-corrected chi connectivity index (χ0v) is 18.9. The number of hydroxylamine groups is 1. The number of nitrogens with one attached hydrogen (secondary N) is 4. The normalized spacial score (nSPS) is 17.3. The number of likely N-dealkylation sites (N-methyl/N-ethyl adjacent to an activating group) is 1. The monoisotopic (exact) mass is 520 g/mol. The first-order valence-electron chi connectivity index (χ1n) is 9.26. The Morgan fingerprint density at radius 2 is 2.26 bits per heavy atom. The fraction of sp³-hybridized carbons (Fsp3) is 0.438. The van der Waals surface area contributed by atoms with Crippen molar-refractivity contribution in [2.45, 2.75) is 12.5 Å². The molecule has 0 amide bonds. The summed E-state index contributed by atoms with van der Waals surface area (Å²) in [5, 5.41) is 22.8. The number of hydrogen-bond donors (Lipinski definition) is 5. The predicted octanol–water partition coefficient (Wildman–Crippen LogP) is 0.568. The lowest BCUT2D eigenvalue weighted by molar-refractivity contribution is 0.234. The lowest BCUT2D eigenvalue weighted by atomic mass is 10.3. The molecule has 1 aliphatic rings. The van der Waals surface area contributed by atoms with Crippen molar-refractivity contribution in [3.05, 3.63) is 34.2 Å². The van der Waals surface area contributed by atoms with E-state index in [0.717, 1.165) is 13.0 Å². The third kappa shape index (κ3) is 5.96. The number of aromatic nitrogens is 2. The molecule has 0 bridgehead atoms. The van der Waals surface area contributed by atoms with Gasteiger partial charge in [-0.1, -0.05) is 0 Å². The molecule has 12 nitrogen and oxygen atoms in total. The Morgan fingerprint density at radius 3 is 2.94 bits per heavy atom. The maximum atomic E-state index is 13.4. The first-order valence-corrected chi connectivity index (χ1v) is 11.5. The van der Waals surface area contributed by atoms with E-state index in [2.05, 4.69) is 46.6 Å². The van der Waals surface area contributed by atoms with E-state index >= 15 is 0 Å². The molecule has 2 aromatic rings. The Morgan fingerprint density at radius 1 is 1.45 bits per heavy atom. The van der Waals surface area contributed by atoms with Gasteiger partial charge in [0.15, 0.2) is 11.5 Å². The van der Waals surface area contributed by atoms with E-state index in [1.807, 2.05) is 5.48 Å². The maximum Gasteiger partial charge on any atom is 0.279 e. The van der Waals surface area contributed by atoms with Crippen molar-refractivity contribution in [1.82, 2.24) is 30.1 Å². The van der Waals surface area contributed by atoms with Crippen LogP contribution < -0.4 is 20.8 Å². The number of rotatable bonds is 9. The standard InChI is InChI=1S/C16H22BrFN8O4S/c1-26(11-4-5-19-9-11)31(28,29)21-7-6-20-15-14(24-30-25-15)16(23-27)22-10-2-3-13(18)12(17)8-10/h2-3,8,11,19,21,27H,4-7,9H2,1H3,(H,20,25)(H,22,23). The molecule has 1 aromatic carbocycles. The van der Waals surface area contributed by atoms with E-state index in [0.29, 0.717) is 12.2 Å². The van der Waals surface area contributed by atoms with Crippen LogP contribution in [-0.4, -0.2) is 73.3 Å². The fourth-order valence-electron chi connectivity index (χ4n) is 2.88. The number of hydrogen-bond acceptors (Lipinski definition) is 9. The van der Waals surface area contributed by atoms with E-state index in [4.69, 9.17) is 4.63 Å². The number of amidine groups is 1. The Balaban J connectivity index is 1.60. The molecule has 5 N–H and O–H groups in total. The molecule has 1 saturated heterocycles. The number of aliphatic imine (C=N–C) groups is 1. The van der Waals surface area contributed by atoms with Gasteiger partial charge < -0.3 is 10.6 Å². The third-order valence-corrected chi connectivity index (χ3v) is 6.83. The van der Waals surface area contributed by atoms with E-state index in [1.165, 1.54) is 29.6 Å². The van der Waals surface area contributed by atoms with Crippen LogP contribution in [0.4, 0.5) is 15.9 Å². The van der Waals surface area contributed by atoms with Gasteiger partial charge in [0.25, 0.3) is 10.2 Å². The van der Waals surface area contributed by atoms with Crippen LogP contribution in [0.5, 0.6) is 0 Å². The second-order valence-corrected chi connectivity index (χ2v) is 9.29. The van der Waals surface area contributed by atoms with Gasteiger partial charge in [-0.15, -0.1) is 0 Å². The minimum Gasteiger partial charge on any atom is -0.364 e. The van der Waals surface area contributed by atoms with Crippen LogP contribution in [0.25, 0.3) is 0 Å². The molecular weight excluding hydrogens is 499 g/mol. The van der Waals surface area contributed by atoms with Crippen molar-refractivity contribution < 1.29 is 22.6 Å². The first-order chi connectivity index (χ1) is 14.8. The van der Waals surface area contributed by atoms with E-state index in [-0.39, 0.29) is 41.0 Å². The molecule has 3 rings (SSSR count). The second kappa shape index (κ2) is 10.4. The second-order valence-electron chi connectivity index (χ2n) is 6.62. The van der Waals surface area contributed by atoms with Crippen molar-refractivity contribution in [3.8, 4) is 0 Å². The van der Waals surface area contributed by atoms with Crippen LogP contribution in [0.1, 0.15) is 12.1 Å². The molecule has 15 heteroatoms. The van der Waals surface area contributed by atoms with Crippen LogP contribution in [0.15, 0.2) is 32.3 Å². The number of halogens is 2. The SMILES string of the molecule is CN(C1CCNC1)S(=O)(=O)NCCNc1nonc1C(=Nc1ccc(F)c(Br)c1)NO. The quantitative estimate of drug-likeness (QED) is 0.138. The Labute approximate surface area is 186 Å². The highest BCUT2D eigenvalue weighted by atomic mass is 79.9. The van der Waals surface area contributed by atoms with Crippen LogP contribution in [0.2, 0.25) is 0 Å². The summed E-state index contributed by atoms with van der Waals surface area (Å²) in [5.41, 5.74) is 2.29. The van der Waals surface area contributed by atoms with Crippen LogP contribution in [0.3, 0.4) is 0 Å². The molecule has 1 aliphatic heterocycles. The van der Waals surface area contributed by atoms with Crippen molar-refractivity contribution in [3.63, 3.8) is 0 Å². The summed E-state index contributed by atoms with van der Waals surface area (Å²) < 4.78 is 46.9. The van der Waals surface area contributed by atoms with Crippen molar-refractivity contribution in [2.24, 2.45) is 4.99 Å². The van der Waals surface area contributed by atoms with Gasteiger partial charge in [0.05, 0.1) is 10.2 Å². The zero-order chi connectivity index (χ0) is 22.4. The number of benzene rings is 1. The summed E-state index contributed by atoms with van der Waals surface area (Å²) in [6.45, 7) is 1.64. The van der Waals surface area contributed by atoms with Crippen LogP contribution in [0, 0.1) is 5.82 Å². The van der Waals surface area contributed by atoms with Gasteiger partial charge in [0.2, 0.25) is 5.82 Å². The minimum atomic E-state index is -3.63. The van der Waals surface area contributed by atoms with Gasteiger partial charge in [-0.3, -0.25) is 10.7 Å². The van der Waals surface area contributed by atoms with E-state index in [9.17, 15) is 18.0 Å². The van der Waals surface area contributed by atoms with Gasteiger partial charge in [0, 0.05) is 32.7 Å².